The molecule has 2 N–H and O–H groups in total. The van der Waals surface area contributed by atoms with Crippen molar-refractivity contribution in [3.05, 3.63) is 89.4 Å². The van der Waals surface area contributed by atoms with Gasteiger partial charge in [-0.15, -0.1) is 0 Å². The number of furan rings is 1. The summed E-state index contributed by atoms with van der Waals surface area (Å²) < 4.78 is 5.14. The SMILES string of the molecule is Cc1cc(C)cc(NC(=O)c2cccc(NC(=O)/C=C/c3ccco3)c2)c1. The zero-order valence-corrected chi connectivity index (χ0v) is 15.2. The van der Waals surface area contributed by atoms with Gasteiger partial charge in [0, 0.05) is 23.0 Å². The van der Waals surface area contributed by atoms with Crippen molar-refractivity contribution in [3.8, 4) is 0 Å². The third kappa shape index (κ3) is 5.19. The van der Waals surface area contributed by atoms with Gasteiger partial charge in [0.05, 0.1) is 6.26 Å². The number of rotatable bonds is 5. The Labute approximate surface area is 157 Å². The molecule has 3 rings (SSSR count). The Morgan fingerprint density at radius 3 is 2.37 bits per heavy atom. The van der Waals surface area contributed by atoms with Crippen LogP contribution in [0.3, 0.4) is 0 Å². The molecule has 0 saturated carbocycles. The van der Waals surface area contributed by atoms with Crippen LogP contribution in [0.4, 0.5) is 11.4 Å². The van der Waals surface area contributed by atoms with Gasteiger partial charge in [-0.05, 0) is 73.5 Å². The molecule has 0 aliphatic heterocycles. The summed E-state index contributed by atoms with van der Waals surface area (Å²) in [6.07, 6.45) is 4.49. The topological polar surface area (TPSA) is 71.3 Å². The largest absolute Gasteiger partial charge is 0.465 e. The molecule has 2 amide bonds. The molecule has 0 unspecified atom stereocenters. The molecule has 27 heavy (non-hydrogen) atoms. The minimum atomic E-state index is -0.307. The van der Waals surface area contributed by atoms with Crippen molar-refractivity contribution in [2.45, 2.75) is 13.8 Å². The van der Waals surface area contributed by atoms with E-state index in [1.54, 1.807) is 42.5 Å². The predicted molar refractivity (Wildman–Crippen MR) is 107 cm³/mol. The molecule has 0 radical (unpaired) electrons. The summed E-state index contributed by atoms with van der Waals surface area (Å²) in [7, 11) is 0. The summed E-state index contributed by atoms with van der Waals surface area (Å²) in [6, 6.07) is 16.2. The fraction of sp³-hybridized carbons (Fsp3) is 0.0909. The van der Waals surface area contributed by atoms with Crippen molar-refractivity contribution in [1.82, 2.24) is 0 Å². The minimum absolute atomic E-state index is 0.234. The molecule has 1 aromatic heterocycles. The molecule has 1 heterocycles. The lowest BCUT2D eigenvalue weighted by Gasteiger charge is -2.09. The lowest BCUT2D eigenvalue weighted by Crippen LogP contribution is -2.13. The second-order valence-electron chi connectivity index (χ2n) is 6.25. The lowest BCUT2D eigenvalue weighted by molar-refractivity contribution is -0.111. The van der Waals surface area contributed by atoms with Crippen LogP contribution in [0.15, 0.2) is 71.4 Å². The highest BCUT2D eigenvalue weighted by Gasteiger charge is 2.08. The maximum atomic E-state index is 12.5. The second-order valence-corrected chi connectivity index (χ2v) is 6.25. The normalized spacial score (nSPS) is 10.7. The number of hydrogen-bond donors (Lipinski definition) is 2. The summed E-state index contributed by atoms with van der Waals surface area (Å²) in [5, 5.41) is 5.62. The average Bonchev–Trinajstić information content (AvgIpc) is 3.13. The van der Waals surface area contributed by atoms with Gasteiger partial charge in [-0.3, -0.25) is 9.59 Å². The Kier molecular flexibility index (Phi) is 5.52. The molecule has 0 spiro atoms. The number of aryl methyl sites for hydroxylation is 2. The number of hydrogen-bond acceptors (Lipinski definition) is 3. The van der Waals surface area contributed by atoms with Crippen molar-refractivity contribution in [2.24, 2.45) is 0 Å². The van der Waals surface area contributed by atoms with E-state index in [-0.39, 0.29) is 11.8 Å². The number of carbonyl (C=O) groups excluding carboxylic acids is 2. The first kappa shape index (κ1) is 18.2. The number of carbonyl (C=O) groups is 2. The van der Waals surface area contributed by atoms with E-state index in [0.29, 0.717) is 17.0 Å². The van der Waals surface area contributed by atoms with Crippen molar-refractivity contribution < 1.29 is 14.0 Å². The molecule has 5 heteroatoms. The zero-order valence-electron chi connectivity index (χ0n) is 15.2. The number of benzene rings is 2. The molecule has 0 fully saturated rings. The molecule has 0 bridgehead atoms. The molecule has 5 nitrogen and oxygen atoms in total. The molecular weight excluding hydrogens is 340 g/mol. The first-order chi connectivity index (χ1) is 13.0. The van der Waals surface area contributed by atoms with Crippen molar-refractivity contribution in [2.75, 3.05) is 10.6 Å². The molecule has 0 aliphatic carbocycles. The number of anilines is 2. The van der Waals surface area contributed by atoms with Crippen LogP contribution in [0.5, 0.6) is 0 Å². The number of amides is 2. The van der Waals surface area contributed by atoms with Gasteiger partial charge in [0.2, 0.25) is 5.91 Å². The van der Waals surface area contributed by atoms with Crippen LogP contribution in [0.1, 0.15) is 27.2 Å². The predicted octanol–water partition coefficient (Wildman–Crippen LogP) is 4.80. The standard InChI is InChI=1S/C22H20N2O3/c1-15-11-16(2)13-19(12-15)24-22(26)17-5-3-6-18(14-17)23-21(25)9-8-20-7-4-10-27-20/h3-14H,1-2H3,(H,23,25)(H,24,26)/b9-8+. The van der Waals surface area contributed by atoms with Gasteiger partial charge in [-0.25, -0.2) is 0 Å². The van der Waals surface area contributed by atoms with E-state index in [1.165, 1.54) is 12.3 Å². The van der Waals surface area contributed by atoms with E-state index in [0.717, 1.165) is 16.8 Å². The first-order valence-electron chi connectivity index (χ1n) is 8.52. The Morgan fingerprint density at radius 1 is 0.889 bits per heavy atom. The van der Waals surface area contributed by atoms with Gasteiger partial charge in [0.25, 0.3) is 5.91 Å². The second kappa shape index (κ2) is 8.19. The van der Waals surface area contributed by atoms with Gasteiger partial charge in [-0.1, -0.05) is 12.1 Å². The maximum Gasteiger partial charge on any atom is 0.255 e. The van der Waals surface area contributed by atoms with Gasteiger partial charge >= 0.3 is 0 Å². The van der Waals surface area contributed by atoms with E-state index in [9.17, 15) is 9.59 Å². The molecule has 0 saturated heterocycles. The zero-order chi connectivity index (χ0) is 19.2. The van der Waals surface area contributed by atoms with E-state index in [4.69, 9.17) is 4.42 Å². The minimum Gasteiger partial charge on any atom is -0.465 e. The van der Waals surface area contributed by atoms with E-state index in [1.807, 2.05) is 32.0 Å². The smallest absolute Gasteiger partial charge is 0.255 e. The van der Waals surface area contributed by atoms with Crippen LogP contribution in [0.2, 0.25) is 0 Å². The van der Waals surface area contributed by atoms with Crippen LogP contribution in [-0.4, -0.2) is 11.8 Å². The summed E-state index contributed by atoms with van der Waals surface area (Å²) in [5.41, 5.74) is 3.90. The first-order valence-corrected chi connectivity index (χ1v) is 8.52. The van der Waals surface area contributed by atoms with E-state index in [2.05, 4.69) is 10.6 Å². The van der Waals surface area contributed by atoms with Gasteiger partial charge in [0.1, 0.15) is 5.76 Å². The quantitative estimate of drug-likeness (QED) is 0.642. The van der Waals surface area contributed by atoms with Crippen molar-refractivity contribution in [1.29, 1.82) is 0 Å². The van der Waals surface area contributed by atoms with E-state index < -0.39 is 0 Å². The fourth-order valence-corrected chi connectivity index (χ4v) is 2.72. The Morgan fingerprint density at radius 2 is 1.67 bits per heavy atom. The molecule has 2 aromatic carbocycles. The third-order valence-corrected chi connectivity index (χ3v) is 3.81. The summed E-state index contributed by atoms with van der Waals surface area (Å²) in [5.74, 6) is 0.0484. The van der Waals surface area contributed by atoms with Crippen LogP contribution < -0.4 is 10.6 Å². The lowest BCUT2D eigenvalue weighted by atomic mass is 10.1. The Balaban J connectivity index is 1.67. The monoisotopic (exact) mass is 360 g/mol. The van der Waals surface area contributed by atoms with Crippen LogP contribution in [0.25, 0.3) is 6.08 Å². The molecule has 0 aliphatic rings. The molecular formula is C22H20N2O3. The number of nitrogens with one attached hydrogen (secondary N) is 2. The van der Waals surface area contributed by atoms with Crippen LogP contribution >= 0.6 is 0 Å². The van der Waals surface area contributed by atoms with Crippen LogP contribution in [-0.2, 0) is 4.79 Å². The molecule has 0 atom stereocenters. The van der Waals surface area contributed by atoms with Crippen molar-refractivity contribution in [3.63, 3.8) is 0 Å². The highest BCUT2D eigenvalue weighted by atomic mass is 16.3. The van der Waals surface area contributed by atoms with Crippen molar-refractivity contribution >= 4 is 29.3 Å². The summed E-state index contributed by atoms with van der Waals surface area (Å²) in [4.78, 5) is 24.5. The molecule has 136 valence electrons. The Hall–Kier alpha value is -3.60. The third-order valence-electron chi connectivity index (χ3n) is 3.81. The van der Waals surface area contributed by atoms with E-state index >= 15 is 0 Å². The Bertz CT molecular complexity index is 968. The van der Waals surface area contributed by atoms with Gasteiger partial charge in [-0.2, -0.15) is 0 Å². The highest BCUT2D eigenvalue weighted by Crippen LogP contribution is 2.17. The average molecular weight is 360 g/mol. The van der Waals surface area contributed by atoms with Gasteiger partial charge < -0.3 is 15.1 Å². The summed E-state index contributed by atoms with van der Waals surface area (Å²) >= 11 is 0. The molecule has 3 aromatic rings. The fourth-order valence-electron chi connectivity index (χ4n) is 2.72. The maximum absolute atomic E-state index is 12.5. The van der Waals surface area contributed by atoms with Gasteiger partial charge in [0.15, 0.2) is 0 Å². The summed E-state index contributed by atoms with van der Waals surface area (Å²) in [6.45, 7) is 3.96. The highest BCUT2D eigenvalue weighted by molar-refractivity contribution is 6.06. The van der Waals surface area contributed by atoms with Crippen LogP contribution in [0, 0.1) is 13.8 Å².